The maximum absolute atomic E-state index is 13.1. The van der Waals surface area contributed by atoms with Crippen molar-refractivity contribution in [3.05, 3.63) is 52.2 Å². The molecule has 2 rings (SSSR count). The standard InChI is InChI=1S/C19H23FN2O2S/c1-12-10-15(22-18(24)19(2,3)4)25-16(12)17(23)21-9-8-13-6-5-7-14(20)11-13/h5-7,10-11H,8-9H2,1-4H3,(H,21,23)(H,22,24). The Balaban J connectivity index is 1.94. The van der Waals surface area contributed by atoms with Crippen molar-refractivity contribution < 1.29 is 14.0 Å². The molecule has 4 nitrogen and oxygen atoms in total. The van der Waals surface area contributed by atoms with Crippen LogP contribution in [-0.2, 0) is 11.2 Å². The minimum absolute atomic E-state index is 0.0909. The van der Waals surface area contributed by atoms with Gasteiger partial charge in [0.15, 0.2) is 0 Å². The summed E-state index contributed by atoms with van der Waals surface area (Å²) in [6, 6.07) is 8.13. The third-order valence-corrected chi connectivity index (χ3v) is 4.78. The van der Waals surface area contributed by atoms with E-state index in [0.29, 0.717) is 22.8 Å². The van der Waals surface area contributed by atoms with Crippen LogP contribution >= 0.6 is 11.3 Å². The van der Waals surface area contributed by atoms with Crippen molar-refractivity contribution in [3.8, 4) is 0 Å². The van der Waals surface area contributed by atoms with Crippen molar-refractivity contribution in [2.45, 2.75) is 34.1 Å². The number of aryl methyl sites for hydroxylation is 1. The van der Waals surface area contributed by atoms with Gasteiger partial charge in [-0.3, -0.25) is 9.59 Å². The summed E-state index contributed by atoms with van der Waals surface area (Å²) >= 11 is 1.26. The first-order valence-electron chi connectivity index (χ1n) is 8.11. The highest BCUT2D eigenvalue weighted by Gasteiger charge is 2.23. The molecule has 25 heavy (non-hydrogen) atoms. The zero-order chi connectivity index (χ0) is 18.6. The normalized spacial score (nSPS) is 11.2. The molecule has 0 bridgehead atoms. The lowest BCUT2D eigenvalue weighted by Gasteiger charge is -2.16. The van der Waals surface area contributed by atoms with E-state index >= 15 is 0 Å². The van der Waals surface area contributed by atoms with Gasteiger partial charge in [0, 0.05) is 12.0 Å². The number of halogens is 1. The van der Waals surface area contributed by atoms with Crippen LogP contribution in [0.5, 0.6) is 0 Å². The molecular formula is C19H23FN2O2S. The lowest BCUT2D eigenvalue weighted by atomic mass is 9.96. The molecule has 1 aromatic carbocycles. The molecule has 2 N–H and O–H groups in total. The Morgan fingerprint density at radius 3 is 2.56 bits per heavy atom. The van der Waals surface area contributed by atoms with Gasteiger partial charge in [-0.25, -0.2) is 4.39 Å². The summed E-state index contributed by atoms with van der Waals surface area (Å²) in [4.78, 5) is 24.9. The van der Waals surface area contributed by atoms with Crippen LogP contribution in [-0.4, -0.2) is 18.4 Å². The lowest BCUT2D eigenvalue weighted by Crippen LogP contribution is -2.27. The van der Waals surface area contributed by atoms with Crippen LogP contribution in [0, 0.1) is 18.2 Å². The summed E-state index contributed by atoms with van der Waals surface area (Å²) in [5.74, 6) is -0.556. The molecular weight excluding hydrogens is 339 g/mol. The van der Waals surface area contributed by atoms with E-state index in [4.69, 9.17) is 0 Å². The highest BCUT2D eigenvalue weighted by atomic mass is 32.1. The molecule has 2 amide bonds. The van der Waals surface area contributed by atoms with Crippen LogP contribution in [0.1, 0.15) is 41.6 Å². The molecule has 0 saturated heterocycles. The van der Waals surface area contributed by atoms with Crippen LogP contribution in [0.25, 0.3) is 0 Å². The highest BCUT2D eigenvalue weighted by Crippen LogP contribution is 2.28. The second-order valence-corrected chi connectivity index (χ2v) is 8.01. The Morgan fingerprint density at radius 1 is 1.20 bits per heavy atom. The maximum atomic E-state index is 13.1. The smallest absolute Gasteiger partial charge is 0.261 e. The Bertz CT molecular complexity index is 778. The molecule has 134 valence electrons. The Labute approximate surface area is 151 Å². The number of anilines is 1. The van der Waals surface area contributed by atoms with Crippen molar-refractivity contribution in [1.29, 1.82) is 0 Å². The average Bonchev–Trinajstić information content (AvgIpc) is 2.87. The predicted molar refractivity (Wildman–Crippen MR) is 99.6 cm³/mol. The zero-order valence-corrected chi connectivity index (χ0v) is 15.7. The fourth-order valence-corrected chi connectivity index (χ4v) is 3.15. The van der Waals surface area contributed by atoms with Crippen molar-refractivity contribution >= 4 is 28.2 Å². The van der Waals surface area contributed by atoms with Crippen LogP contribution in [0.2, 0.25) is 0 Å². The fraction of sp³-hybridized carbons (Fsp3) is 0.368. The summed E-state index contributed by atoms with van der Waals surface area (Å²) in [6.45, 7) is 7.77. The van der Waals surface area contributed by atoms with Crippen molar-refractivity contribution in [2.75, 3.05) is 11.9 Å². The van der Waals surface area contributed by atoms with Crippen LogP contribution in [0.15, 0.2) is 30.3 Å². The molecule has 0 atom stereocenters. The monoisotopic (exact) mass is 362 g/mol. The number of nitrogens with one attached hydrogen (secondary N) is 2. The SMILES string of the molecule is Cc1cc(NC(=O)C(C)(C)C)sc1C(=O)NCCc1cccc(F)c1. The van der Waals surface area contributed by atoms with E-state index in [1.165, 1.54) is 23.5 Å². The molecule has 0 aliphatic rings. The summed E-state index contributed by atoms with van der Waals surface area (Å²) in [7, 11) is 0. The topological polar surface area (TPSA) is 58.2 Å². The molecule has 1 heterocycles. The van der Waals surface area contributed by atoms with E-state index < -0.39 is 5.41 Å². The van der Waals surface area contributed by atoms with Gasteiger partial charge in [0.1, 0.15) is 5.82 Å². The second kappa shape index (κ2) is 7.78. The molecule has 0 saturated carbocycles. The van der Waals surface area contributed by atoms with Gasteiger partial charge in [-0.15, -0.1) is 11.3 Å². The van der Waals surface area contributed by atoms with Crippen molar-refractivity contribution in [1.82, 2.24) is 5.32 Å². The van der Waals surface area contributed by atoms with Crippen LogP contribution in [0.4, 0.5) is 9.39 Å². The fourth-order valence-electron chi connectivity index (χ4n) is 2.16. The number of thiophene rings is 1. The van der Waals surface area contributed by atoms with E-state index in [1.54, 1.807) is 12.1 Å². The van der Waals surface area contributed by atoms with Crippen LogP contribution < -0.4 is 10.6 Å². The average molecular weight is 362 g/mol. The Kier molecular flexibility index (Phi) is 5.95. The van der Waals surface area contributed by atoms with E-state index in [0.717, 1.165) is 11.1 Å². The summed E-state index contributed by atoms with van der Waals surface area (Å²) < 4.78 is 13.1. The van der Waals surface area contributed by atoms with Gasteiger partial charge in [-0.2, -0.15) is 0 Å². The predicted octanol–water partition coefficient (Wildman–Crippen LogP) is 4.15. The maximum Gasteiger partial charge on any atom is 0.261 e. The molecule has 1 aromatic heterocycles. The highest BCUT2D eigenvalue weighted by molar-refractivity contribution is 7.18. The van der Waals surface area contributed by atoms with E-state index in [2.05, 4.69) is 10.6 Å². The third-order valence-electron chi connectivity index (χ3n) is 3.63. The van der Waals surface area contributed by atoms with Gasteiger partial charge in [0.2, 0.25) is 5.91 Å². The van der Waals surface area contributed by atoms with Crippen LogP contribution in [0.3, 0.4) is 0 Å². The first kappa shape index (κ1) is 19.1. The third kappa shape index (κ3) is 5.39. The van der Waals surface area contributed by atoms with Gasteiger partial charge in [0.05, 0.1) is 9.88 Å². The number of amides is 2. The van der Waals surface area contributed by atoms with E-state index in [-0.39, 0.29) is 17.6 Å². The molecule has 0 aliphatic heterocycles. The number of hydrogen-bond donors (Lipinski definition) is 2. The Morgan fingerprint density at radius 2 is 1.92 bits per heavy atom. The second-order valence-electron chi connectivity index (χ2n) is 6.96. The van der Waals surface area contributed by atoms with Gasteiger partial charge in [-0.1, -0.05) is 32.9 Å². The number of carbonyl (C=O) groups is 2. The van der Waals surface area contributed by atoms with Gasteiger partial charge in [0.25, 0.3) is 5.91 Å². The molecule has 2 aromatic rings. The first-order chi connectivity index (χ1) is 11.7. The van der Waals surface area contributed by atoms with Crippen molar-refractivity contribution in [2.24, 2.45) is 5.41 Å². The molecule has 0 spiro atoms. The van der Waals surface area contributed by atoms with Gasteiger partial charge in [-0.05, 0) is 42.7 Å². The quantitative estimate of drug-likeness (QED) is 0.839. The van der Waals surface area contributed by atoms with Gasteiger partial charge >= 0.3 is 0 Å². The number of carbonyl (C=O) groups excluding carboxylic acids is 2. The van der Waals surface area contributed by atoms with E-state index in [1.807, 2.05) is 33.8 Å². The number of benzene rings is 1. The summed E-state index contributed by atoms with van der Waals surface area (Å²) in [5, 5.41) is 6.34. The summed E-state index contributed by atoms with van der Waals surface area (Å²) in [5.41, 5.74) is 1.16. The first-order valence-corrected chi connectivity index (χ1v) is 8.93. The molecule has 0 fully saturated rings. The molecule has 0 aliphatic carbocycles. The largest absolute Gasteiger partial charge is 0.351 e. The zero-order valence-electron chi connectivity index (χ0n) is 14.9. The number of hydrogen-bond acceptors (Lipinski definition) is 3. The molecule has 0 unspecified atom stereocenters. The number of rotatable bonds is 5. The van der Waals surface area contributed by atoms with Crippen molar-refractivity contribution in [3.63, 3.8) is 0 Å². The van der Waals surface area contributed by atoms with E-state index in [9.17, 15) is 14.0 Å². The van der Waals surface area contributed by atoms with Gasteiger partial charge < -0.3 is 10.6 Å². The Hall–Kier alpha value is -2.21. The molecule has 6 heteroatoms. The molecule has 0 radical (unpaired) electrons. The summed E-state index contributed by atoms with van der Waals surface area (Å²) in [6.07, 6.45) is 0.557. The minimum atomic E-state index is -0.495. The minimum Gasteiger partial charge on any atom is -0.351 e. The lowest BCUT2D eigenvalue weighted by molar-refractivity contribution is -0.123.